The number of ether oxygens (including phenoxy) is 2. The quantitative estimate of drug-likeness (QED) is 0.826. The molecule has 18 heavy (non-hydrogen) atoms. The van der Waals surface area contributed by atoms with Crippen LogP contribution in [0.1, 0.15) is 5.56 Å². The first-order chi connectivity index (χ1) is 8.72. The highest BCUT2D eigenvalue weighted by Crippen LogP contribution is 2.29. The zero-order valence-corrected chi connectivity index (χ0v) is 9.82. The van der Waals surface area contributed by atoms with Gasteiger partial charge in [-0.3, -0.25) is 0 Å². The molecule has 0 saturated heterocycles. The van der Waals surface area contributed by atoms with E-state index in [9.17, 15) is 8.78 Å². The number of benzene rings is 2. The van der Waals surface area contributed by atoms with Gasteiger partial charge in [0.15, 0.2) is 17.3 Å². The van der Waals surface area contributed by atoms with Crippen LogP contribution in [0.4, 0.5) is 8.78 Å². The van der Waals surface area contributed by atoms with Crippen LogP contribution in [0.5, 0.6) is 11.5 Å². The maximum atomic E-state index is 13.7. The van der Waals surface area contributed by atoms with Crippen molar-refractivity contribution in [3.8, 4) is 11.5 Å². The van der Waals surface area contributed by atoms with Gasteiger partial charge in [0.2, 0.25) is 5.82 Å². The Morgan fingerprint density at radius 1 is 1.00 bits per heavy atom. The Balaban J connectivity index is 2.19. The Hall–Kier alpha value is -2.10. The molecule has 0 bridgehead atoms. The third kappa shape index (κ3) is 2.59. The van der Waals surface area contributed by atoms with Crippen molar-refractivity contribution in [1.82, 2.24) is 0 Å². The molecule has 0 aliphatic carbocycles. The van der Waals surface area contributed by atoms with Crippen LogP contribution in [0.3, 0.4) is 0 Å². The van der Waals surface area contributed by atoms with E-state index in [0.717, 1.165) is 11.6 Å². The molecule has 0 aromatic heterocycles. The summed E-state index contributed by atoms with van der Waals surface area (Å²) in [4.78, 5) is 0. The number of rotatable bonds is 4. The van der Waals surface area contributed by atoms with E-state index in [-0.39, 0.29) is 12.4 Å². The summed E-state index contributed by atoms with van der Waals surface area (Å²) in [5, 5.41) is 0. The van der Waals surface area contributed by atoms with Crippen LogP contribution < -0.4 is 9.47 Å². The molecule has 0 heterocycles. The van der Waals surface area contributed by atoms with Gasteiger partial charge in [-0.1, -0.05) is 30.3 Å². The summed E-state index contributed by atoms with van der Waals surface area (Å²) >= 11 is 0. The van der Waals surface area contributed by atoms with Crippen LogP contribution in [0.15, 0.2) is 42.5 Å². The molecule has 0 atom stereocenters. The van der Waals surface area contributed by atoms with Crippen molar-refractivity contribution in [2.75, 3.05) is 7.11 Å². The van der Waals surface area contributed by atoms with Gasteiger partial charge >= 0.3 is 0 Å². The molecule has 0 spiro atoms. The molecule has 0 radical (unpaired) electrons. The maximum absolute atomic E-state index is 13.7. The molecular weight excluding hydrogens is 238 g/mol. The minimum absolute atomic E-state index is 0.0422. The van der Waals surface area contributed by atoms with E-state index in [0.29, 0.717) is 0 Å². The van der Waals surface area contributed by atoms with Gasteiger partial charge in [-0.15, -0.1) is 0 Å². The second kappa shape index (κ2) is 5.49. The first-order valence-corrected chi connectivity index (χ1v) is 5.41. The highest BCUT2D eigenvalue weighted by atomic mass is 19.1. The van der Waals surface area contributed by atoms with Gasteiger partial charge < -0.3 is 9.47 Å². The van der Waals surface area contributed by atoms with Crippen molar-refractivity contribution in [2.45, 2.75) is 6.61 Å². The molecule has 94 valence electrons. The topological polar surface area (TPSA) is 18.5 Å². The first kappa shape index (κ1) is 12.4. The number of halogens is 2. The number of hydrogen-bond donors (Lipinski definition) is 0. The lowest BCUT2D eigenvalue weighted by Crippen LogP contribution is -2.01. The van der Waals surface area contributed by atoms with Gasteiger partial charge in [-0.2, -0.15) is 4.39 Å². The predicted molar refractivity (Wildman–Crippen MR) is 63.7 cm³/mol. The minimum atomic E-state index is -0.826. The van der Waals surface area contributed by atoms with Gasteiger partial charge in [0, 0.05) is 0 Å². The standard InChI is InChI=1S/C14H12F2O2/c1-17-12-8-7-11(15)14(13(12)16)18-9-10-5-3-2-4-6-10/h2-8H,9H2,1H3. The van der Waals surface area contributed by atoms with Crippen molar-refractivity contribution < 1.29 is 18.3 Å². The number of hydrogen-bond acceptors (Lipinski definition) is 2. The Morgan fingerprint density at radius 3 is 2.39 bits per heavy atom. The van der Waals surface area contributed by atoms with Crippen molar-refractivity contribution in [1.29, 1.82) is 0 Å². The summed E-state index contributed by atoms with van der Waals surface area (Å²) < 4.78 is 37.1. The molecule has 2 rings (SSSR count). The van der Waals surface area contributed by atoms with Crippen LogP contribution in [0.2, 0.25) is 0 Å². The second-order valence-electron chi connectivity index (χ2n) is 3.67. The van der Waals surface area contributed by atoms with Gasteiger partial charge in [-0.25, -0.2) is 4.39 Å². The van der Waals surface area contributed by atoms with Crippen LogP contribution in [0.25, 0.3) is 0 Å². The normalized spacial score (nSPS) is 10.2. The van der Waals surface area contributed by atoms with Crippen molar-refractivity contribution >= 4 is 0 Å². The molecule has 4 heteroatoms. The van der Waals surface area contributed by atoms with Gasteiger partial charge in [-0.05, 0) is 17.7 Å². The lowest BCUT2D eigenvalue weighted by Gasteiger charge is -2.10. The van der Waals surface area contributed by atoms with E-state index in [1.54, 1.807) is 0 Å². The lowest BCUT2D eigenvalue weighted by atomic mass is 10.2. The molecule has 2 aromatic rings. The third-order valence-electron chi connectivity index (χ3n) is 2.46. The van der Waals surface area contributed by atoms with Crippen LogP contribution in [-0.2, 0) is 6.61 Å². The van der Waals surface area contributed by atoms with E-state index >= 15 is 0 Å². The Morgan fingerprint density at radius 2 is 1.72 bits per heavy atom. The molecule has 0 fully saturated rings. The fraction of sp³-hybridized carbons (Fsp3) is 0.143. The average molecular weight is 250 g/mol. The Bertz CT molecular complexity index is 527. The van der Waals surface area contributed by atoms with E-state index in [1.807, 2.05) is 30.3 Å². The summed E-state index contributed by atoms with van der Waals surface area (Å²) in [5.41, 5.74) is 0.833. The fourth-order valence-corrected chi connectivity index (χ4v) is 1.53. The van der Waals surface area contributed by atoms with Crippen molar-refractivity contribution in [2.24, 2.45) is 0 Å². The average Bonchev–Trinajstić information content (AvgIpc) is 2.40. The molecule has 0 N–H and O–H groups in total. The van der Waals surface area contributed by atoms with Gasteiger partial charge in [0.25, 0.3) is 0 Å². The summed E-state index contributed by atoms with van der Waals surface area (Å²) in [6.07, 6.45) is 0. The zero-order valence-electron chi connectivity index (χ0n) is 9.82. The SMILES string of the molecule is COc1ccc(F)c(OCc2ccccc2)c1F. The van der Waals surface area contributed by atoms with Crippen LogP contribution in [-0.4, -0.2) is 7.11 Å². The molecule has 0 aliphatic rings. The lowest BCUT2D eigenvalue weighted by molar-refractivity contribution is 0.266. The third-order valence-corrected chi connectivity index (χ3v) is 2.46. The largest absolute Gasteiger partial charge is 0.494 e. The summed E-state index contributed by atoms with van der Waals surface area (Å²) in [6, 6.07) is 11.5. The minimum Gasteiger partial charge on any atom is -0.494 e. The van der Waals surface area contributed by atoms with Gasteiger partial charge in [0.1, 0.15) is 6.61 Å². The van der Waals surface area contributed by atoms with Crippen molar-refractivity contribution in [3.05, 3.63) is 59.7 Å². The zero-order chi connectivity index (χ0) is 13.0. The second-order valence-corrected chi connectivity index (χ2v) is 3.67. The van der Waals surface area contributed by atoms with Gasteiger partial charge in [0.05, 0.1) is 7.11 Å². The fourth-order valence-electron chi connectivity index (χ4n) is 1.53. The molecule has 2 aromatic carbocycles. The molecule has 0 unspecified atom stereocenters. The first-order valence-electron chi connectivity index (χ1n) is 5.41. The Labute approximate surface area is 104 Å². The monoisotopic (exact) mass is 250 g/mol. The van der Waals surface area contributed by atoms with E-state index in [2.05, 4.69) is 0 Å². The highest BCUT2D eigenvalue weighted by molar-refractivity contribution is 5.37. The van der Waals surface area contributed by atoms with E-state index in [4.69, 9.17) is 9.47 Å². The molecular formula is C14H12F2O2. The predicted octanol–water partition coefficient (Wildman–Crippen LogP) is 3.55. The van der Waals surface area contributed by atoms with E-state index < -0.39 is 17.4 Å². The van der Waals surface area contributed by atoms with Crippen LogP contribution in [0, 0.1) is 11.6 Å². The smallest absolute Gasteiger partial charge is 0.209 e. The van der Waals surface area contributed by atoms with E-state index in [1.165, 1.54) is 13.2 Å². The highest BCUT2D eigenvalue weighted by Gasteiger charge is 2.15. The molecule has 0 amide bonds. The summed E-state index contributed by atoms with van der Waals surface area (Å²) in [6.45, 7) is 0.0991. The molecule has 0 aliphatic heterocycles. The summed E-state index contributed by atoms with van der Waals surface area (Å²) in [7, 11) is 1.32. The summed E-state index contributed by atoms with van der Waals surface area (Å²) in [5.74, 6) is -2.03. The van der Waals surface area contributed by atoms with Crippen molar-refractivity contribution in [3.63, 3.8) is 0 Å². The Kier molecular flexibility index (Phi) is 3.77. The van der Waals surface area contributed by atoms with Crippen LogP contribution >= 0.6 is 0 Å². The molecule has 0 saturated carbocycles. The molecule has 2 nitrogen and oxygen atoms in total. The number of methoxy groups -OCH3 is 1. The maximum Gasteiger partial charge on any atom is 0.209 e.